The second kappa shape index (κ2) is 17.0. The summed E-state index contributed by atoms with van der Waals surface area (Å²) in [5, 5.41) is 9.27. The van der Waals surface area contributed by atoms with E-state index in [1.54, 1.807) is 0 Å². The van der Waals surface area contributed by atoms with E-state index in [9.17, 15) is 40.6 Å². The first-order valence-corrected chi connectivity index (χ1v) is 14.3. The Morgan fingerprint density at radius 2 is 1.00 bits per heavy atom. The van der Waals surface area contributed by atoms with Gasteiger partial charge in [0.1, 0.15) is 5.97 Å². The Bertz CT molecular complexity index is 606. The maximum absolute atomic E-state index is 11.7. The average Bonchev–Trinajstić information content (AvgIpc) is 2.82. The van der Waals surface area contributed by atoms with E-state index < -0.39 is 31.9 Å². The summed E-state index contributed by atoms with van der Waals surface area (Å²) >= 11 is 0. The molecule has 0 bridgehead atoms. The third kappa shape index (κ3) is 9.74. The van der Waals surface area contributed by atoms with E-state index >= 15 is 0 Å². The number of halogens is 7. The summed E-state index contributed by atoms with van der Waals surface area (Å²) in [4.78, 5) is 9.27. The van der Waals surface area contributed by atoms with Crippen LogP contribution in [0.1, 0.15) is 73.1 Å². The molecule has 0 saturated heterocycles. The summed E-state index contributed by atoms with van der Waals surface area (Å²) in [6, 6.07) is 0. The minimum Gasteiger partial charge on any atom is -0.544 e. The standard InChI is InChI=1S/C19H46N4P.C4HF7O2/c1-9-14-16-18-23(19-17-15-10-2)24(20(6)11-3,21(7)12-4)22(8)13-5;5-2(6,1(12)13)3(7,8)4(9,10)11/h9-19H2,1-8H3;(H,12,13)/q+1;/p-1. The van der Waals surface area contributed by atoms with Crippen molar-refractivity contribution >= 4 is 13.8 Å². The molecule has 0 saturated carbocycles. The SMILES string of the molecule is CCCCCN(CCCCC)[P+](N(C)CC)(N(C)CC)N(C)CC.O=C([O-])C(F)(F)C(F)(F)C(F)(F)F. The number of hydrogen-bond acceptors (Lipinski definition) is 6. The molecule has 0 radical (unpaired) electrons. The van der Waals surface area contributed by atoms with E-state index in [1.165, 1.54) is 51.6 Å². The van der Waals surface area contributed by atoms with Gasteiger partial charge in [-0.05, 0) is 33.6 Å². The van der Waals surface area contributed by atoms with Gasteiger partial charge < -0.3 is 9.90 Å². The van der Waals surface area contributed by atoms with Crippen molar-refractivity contribution in [1.82, 2.24) is 18.7 Å². The molecular weight excluding hydrogens is 528 g/mol. The fraction of sp³-hybridized carbons (Fsp3) is 0.957. The smallest absolute Gasteiger partial charge is 0.460 e. The van der Waals surface area contributed by atoms with E-state index in [0.29, 0.717) is 0 Å². The van der Waals surface area contributed by atoms with Crippen molar-refractivity contribution < 1.29 is 40.6 Å². The molecule has 0 unspecified atom stereocenters. The molecule has 0 N–H and O–H groups in total. The van der Waals surface area contributed by atoms with E-state index in [4.69, 9.17) is 0 Å². The van der Waals surface area contributed by atoms with E-state index in [0.717, 1.165) is 19.6 Å². The highest BCUT2D eigenvalue weighted by Crippen LogP contribution is 2.68. The fourth-order valence-corrected chi connectivity index (χ4v) is 8.59. The lowest BCUT2D eigenvalue weighted by atomic mass is 10.1. The first kappa shape index (κ1) is 38.4. The van der Waals surface area contributed by atoms with Gasteiger partial charge in [-0.1, -0.05) is 39.5 Å². The first-order valence-electron chi connectivity index (χ1n) is 12.7. The number of hydrogen-bond donors (Lipinski definition) is 0. The predicted molar refractivity (Wildman–Crippen MR) is 133 cm³/mol. The largest absolute Gasteiger partial charge is 0.544 e. The molecule has 224 valence electrons. The summed E-state index contributed by atoms with van der Waals surface area (Å²) in [7, 11) is 5.37. The zero-order chi connectivity index (χ0) is 29.7. The van der Waals surface area contributed by atoms with Crippen molar-refractivity contribution in [2.24, 2.45) is 0 Å². The zero-order valence-corrected chi connectivity index (χ0v) is 24.4. The molecule has 0 aliphatic carbocycles. The average molecular weight is 575 g/mol. The Morgan fingerprint density at radius 3 is 1.19 bits per heavy atom. The Hall–Kier alpha value is -0.750. The molecule has 0 aliphatic heterocycles. The van der Waals surface area contributed by atoms with Crippen molar-refractivity contribution in [3.8, 4) is 0 Å². The van der Waals surface area contributed by atoms with Gasteiger partial charge in [0.05, 0.1) is 0 Å². The maximum atomic E-state index is 11.7. The third-order valence-corrected chi connectivity index (χ3v) is 10.9. The number of carboxylic acid groups (broad SMARTS) is 1. The summed E-state index contributed by atoms with van der Waals surface area (Å²) in [6.45, 7) is 17.3. The molecule has 0 rings (SSSR count). The monoisotopic (exact) mass is 574 g/mol. The molecule has 0 amide bonds. The summed E-state index contributed by atoms with van der Waals surface area (Å²) in [5.74, 6) is -16.7. The van der Waals surface area contributed by atoms with Gasteiger partial charge in [-0.3, -0.25) is 0 Å². The van der Waals surface area contributed by atoms with Gasteiger partial charge in [-0.15, -0.1) is 18.7 Å². The van der Waals surface area contributed by atoms with Crippen LogP contribution < -0.4 is 5.11 Å². The topological polar surface area (TPSA) is 53.1 Å². The molecule has 0 aromatic heterocycles. The second-order valence-electron chi connectivity index (χ2n) is 8.76. The van der Waals surface area contributed by atoms with Gasteiger partial charge in [-0.25, -0.2) is 0 Å². The Morgan fingerprint density at radius 1 is 0.676 bits per heavy atom. The van der Waals surface area contributed by atoms with Crippen molar-refractivity contribution in [1.29, 1.82) is 0 Å². The number of carbonyl (C=O) groups excluding carboxylic acids is 1. The summed E-state index contributed by atoms with van der Waals surface area (Å²) in [5.41, 5.74) is 0. The summed E-state index contributed by atoms with van der Waals surface area (Å²) < 4.78 is 91.0. The lowest BCUT2D eigenvalue weighted by Gasteiger charge is -2.48. The highest BCUT2D eigenvalue weighted by Gasteiger charge is 2.73. The number of nitrogens with zero attached hydrogens (tertiary/aromatic N) is 4. The number of unbranched alkanes of at least 4 members (excludes halogenated alkanes) is 4. The minimum absolute atomic E-state index is 1.10. The van der Waals surface area contributed by atoms with Crippen molar-refractivity contribution in [2.45, 2.75) is 91.2 Å². The van der Waals surface area contributed by atoms with Gasteiger partial charge in [0, 0.05) is 53.9 Å². The van der Waals surface area contributed by atoms with Crippen LogP contribution in [0.3, 0.4) is 0 Å². The molecule has 0 aliphatic rings. The molecule has 0 heterocycles. The Balaban J connectivity index is 0. The highest BCUT2D eigenvalue weighted by atomic mass is 31.2. The van der Waals surface area contributed by atoms with Gasteiger partial charge in [0.2, 0.25) is 0 Å². The molecule has 0 spiro atoms. The number of aliphatic carboxylic acids is 1. The van der Waals surface area contributed by atoms with Crippen LogP contribution in [0.25, 0.3) is 0 Å². The molecule has 0 aromatic rings. The van der Waals surface area contributed by atoms with Gasteiger partial charge in [0.25, 0.3) is 0 Å². The number of rotatable bonds is 17. The number of carboxylic acids is 1. The van der Waals surface area contributed by atoms with Crippen LogP contribution >= 0.6 is 7.87 Å². The minimum atomic E-state index is -6.64. The second-order valence-corrected chi connectivity index (χ2v) is 12.4. The zero-order valence-electron chi connectivity index (χ0n) is 23.5. The maximum Gasteiger partial charge on any atom is 0.460 e. The van der Waals surface area contributed by atoms with Gasteiger partial charge in [0.15, 0.2) is 0 Å². The molecule has 6 nitrogen and oxygen atoms in total. The molecule has 0 atom stereocenters. The van der Waals surface area contributed by atoms with Crippen molar-refractivity contribution in [3.05, 3.63) is 0 Å². The van der Waals surface area contributed by atoms with Crippen LogP contribution in [-0.4, -0.2) is 96.5 Å². The Kier molecular flexibility index (Phi) is 17.7. The lowest BCUT2D eigenvalue weighted by Crippen LogP contribution is -2.60. The first-order chi connectivity index (χ1) is 16.9. The molecule has 37 heavy (non-hydrogen) atoms. The molecule has 0 aromatic carbocycles. The van der Waals surface area contributed by atoms with E-state index in [1.807, 2.05) is 0 Å². The van der Waals surface area contributed by atoms with Crippen LogP contribution in [0.4, 0.5) is 30.7 Å². The Labute approximate surface area is 218 Å². The van der Waals surface area contributed by atoms with Crippen LogP contribution in [0, 0.1) is 0 Å². The number of carbonyl (C=O) groups is 1. The molecular formula is C23H46F7N4O2P. The van der Waals surface area contributed by atoms with Crippen LogP contribution in [-0.2, 0) is 4.79 Å². The van der Waals surface area contributed by atoms with Crippen molar-refractivity contribution in [2.75, 3.05) is 53.9 Å². The van der Waals surface area contributed by atoms with Gasteiger partial charge in [-0.2, -0.15) is 30.7 Å². The quantitative estimate of drug-likeness (QED) is 0.125. The predicted octanol–water partition coefficient (Wildman–Crippen LogP) is 5.77. The van der Waals surface area contributed by atoms with E-state index in [2.05, 4.69) is 74.4 Å². The summed E-state index contributed by atoms with van der Waals surface area (Å²) in [6.07, 6.45) is 1.26. The van der Waals surface area contributed by atoms with Crippen LogP contribution in [0.2, 0.25) is 0 Å². The third-order valence-electron chi connectivity index (χ3n) is 6.17. The molecule has 0 fully saturated rings. The van der Waals surface area contributed by atoms with Crippen molar-refractivity contribution in [3.63, 3.8) is 0 Å². The van der Waals surface area contributed by atoms with Crippen LogP contribution in [0.15, 0.2) is 0 Å². The highest BCUT2D eigenvalue weighted by molar-refractivity contribution is 7.66. The fourth-order valence-electron chi connectivity index (χ4n) is 3.77. The van der Waals surface area contributed by atoms with Gasteiger partial charge >= 0.3 is 25.9 Å². The lowest BCUT2D eigenvalue weighted by molar-refractivity contribution is -0.387. The normalized spacial score (nSPS) is 13.5. The van der Waals surface area contributed by atoms with Crippen LogP contribution in [0.5, 0.6) is 0 Å². The van der Waals surface area contributed by atoms with E-state index in [-0.39, 0.29) is 0 Å². The number of alkyl halides is 7. The molecule has 14 heteroatoms.